The molecule has 4 nitrogen and oxygen atoms in total. The first-order valence-corrected chi connectivity index (χ1v) is 7.84. The van der Waals surface area contributed by atoms with E-state index < -0.39 is 0 Å². The summed E-state index contributed by atoms with van der Waals surface area (Å²) in [5.74, 6) is 1.02. The Hall–Kier alpha value is -1.55. The fourth-order valence-electron chi connectivity index (χ4n) is 3.34. The average Bonchev–Trinajstić information content (AvgIpc) is 2.90. The van der Waals surface area contributed by atoms with Crippen LogP contribution in [0.15, 0.2) is 24.3 Å². The van der Waals surface area contributed by atoms with Gasteiger partial charge in [-0.25, -0.2) is 0 Å². The normalized spacial score (nSPS) is 26.8. The zero-order valence-electron chi connectivity index (χ0n) is 12.8. The van der Waals surface area contributed by atoms with Crippen LogP contribution in [0.2, 0.25) is 0 Å². The molecule has 0 radical (unpaired) electrons. The largest absolute Gasteiger partial charge is 0.487 e. The quantitative estimate of drug-likeness (QED) is 0.898. The molecular weight excluding hydrogens is 264 g/mol. The van der Waals surface area contributed by atoms with Gasteiger partial charge in [-0.2, -0.15) is 0 Å². The number of carbonyl (C=O) groups is 1. The van der Waals surface area contributed by atoms with Crippen LogP contribution in [0.3, 0.4) is 0 Å². The van der Waals surface area contributed by atoms with Crippen molar-refractivity contribution in [3.05, 3.63) is 29.8 Å². The summed E-state index contributed by atoms with van der Waals surface area (Å²) in [4.78, 5) is 12.3. The van der Waals surface area contributed by atoms with Crippen LogP contribution in [0.25, 0.3) is 0 Å². The third kappa shape index (κ3) is 3.38. The van der Waals surface area contributed by atoms with Gasteiger partial charge in [0.15, 0.2) is 0 Å². The predicted molar refractivity (Wildman–Crippen MR) is 82.3 cm³/mol. The molecule has 0 aliphatic carbocycles. The molecule has 2 unspecified atom stereocenters. The summed E-state index contributed by atoms with van der Waals surface area (Å²) in [5, 5.41) is 6.57. The summed E-state index contributed by atoms with van der Waals surface area (Å²) in [6, 6.07) is 8.38. The van der Waals surface area contributed by atoms with Gasteiger partial charge in [0.05, 0.1) is 6.04 Å². The van der Waals surface area contributed by atoms with Crippen LogP contribution < -0.4 is 15.4 Å². The molecule has 1 aromatic carbocycles. The Balaban J connectivity index is 1.70. The van der Waals surface area contributed by atoms with Gasteiger partial charge in [-0.05, 0) is 39.3 Å². The smallest absolute Gasteiger partial charge is 0.222 e. The van der Waals surface area contributed by atoms with Crippen molar-refractivity contribution in [2.75, 3.05) is 6.54 Å². The van der Waals surface area contributed by atoms with Crippen molar-refractivity contribution in [3.8, 4) is 5.75 Å². The molecule has 0 aromatic heterocycles. The molecule has 21 heavy (non-hydrogen) atoms. The van der Waals surface area contributed by atoms with Crippen molar-refractivity contribution >= 4 is 5.91 Å². The second kappa shape index (κ2) is 5.68. The highest BCUT2D eigenvalue weighted by Crippen LogP contribution is 2.39. The minimum absolute atomic E-state index is 0.0406. The second-order valence-electron chi connectivity index (χ2n) is 6.72. The lowest BCUT2D eigenvalue weighted by atomic mass is 9.89. The molecule has 1 fully saturated rings. The zero-order chi connectivity index (χ0) is 14.9. The number of hydrogen-bond acceptors (Lipinski definition) is 3. The number of carbonyl (C=O) groups excluding carboxylic acids is 1. The molecule has 0 saturated carbocycles. The van der Waals surface area contributed by atoms with E-state index in [2.05, 4.69) is 24.5 Å². The molecule has 2 N–H and O–H groups in total. The number of nitrogens with one attached hydrogen (secondary N) is 2. The van der Waals surface area contributed by atoms with Crippen molar-refractivity contribution in [2.24, 2.45) is 0 Å². The molecule has 3 rings (SSSR count). The van der Waals surface area contributed by atoms with Gasteiger partial charge < -0.3 is 15.4 Å². The van der Waals surface area contributed by atoms with Crippen molar-refractivity contribution in [1.29, 1.82) is 0 Å². The van der Waals surface area contributed by atoms with Gasteiger partial charge in [0.1, 0.15) is 11.4 Å². The van der Waals surface area contributed by atoms with Crippen LogP contribution >= 0.6 is 0 Å². The van der Waals surface area contributed by atoms with Gasteiger partial charge in [0.25, 0.3) is 0 Å². The van der Waals surface area contributed by atoms with E-state index in [0.29, 0.717) is 12.5 Å². The molecule has 0 spiro atoms. The fraction of sp³-hybridized carbons (Fsp3) is 0.588. The Labute approximate surface area is 126 Å². The summed E-state index contributed by atoms with van der Waals surface area (Å²) in [5.41, 5.74) is 0.835. The molecule has 114 valence electrons. The van der Waals surface area contributed by atoms with Gasteiger partial charge in [0, 0.05) is 24.4 Å². The fourth-order valence-corrected chi connectivity index (χ4v) is 3.34. The van der Waals surface area contributed by atoms with E-state index in [9.17, 15) is 4.79 Å². The SMILES string of the molecule is CC1(C)CC(NC(=O)CC2CCCN2)c2ccccc2O1. The second-order valence-corrected chi connectivity index (χ2v) is 6.72. The predicted octanol–water partition coefficient (Wildman–Crippen LogP) is 2.55. The molecule has 2 heterocycles. The van der Waals surface area contributed by atoms with Crippen molar-refractivity contribution in [1.82, 2.24) is 10.6 Å². The minimum atomic E-state index is -0.252. The first-order valence-electron chi connectivity index (χ1n) is 7.84. The minimum Gasteiger partial charge on any atom is -0.487 e. The summed E-state index contributed by atoms with van der Waals surface area (Å²) < 4.78 is 6.00. The van der Waals surface area contributed by atoms with Crippen molar-refractivity contribution in [2.45, 2.75) is 57.2 Å². The van der Waals surface area contributed by atoms with Crippen molar-refractivity contribution < 1.29 is 9.53 Å². The topological polar surface area (TPSA) is 50.4 Å². The first-order chi connectivity index (χ1) is 10.0. The Kier molecular flexibility index (Phi) is 3.89. The van der Waals surface area contributed by atoms with Crippen LogP contribution in [0.5, 0.6) is 5.75 Å². The molecule has 1 saturated heterocycles. The Morgan fingerprint density at radius 3 is 3.00 bits per heavy atom. The Morgan fingerprint density at radius 2 is 2.24 bits per heavy atom. The van der Waals surface area contributed by atoms with Gasteiger partial charge in [-0.1, -0.05) is 18.2 Å². The highest BCUT2D eigenvalue weighted by atomic mass is 16.5. The van der Waals surface area contributed by atoms with Crippen LogP contribution in [0, 0.1) is 0 Å². The highest BCUT2D eigenvalue weighted by molar-refractivity contribution is 5.77. The highest BCUT2D eigenvalue weighted by Gasteiger charge is 2.34. The maximum absolute atomic E-state index is 12.3. The van der Waals surface area contributed by atoms with E-state index in [1.54, 1.807) is 0 Å². The third-order valence-electron chi connectivity index (χ3n) is 4.31. The van der Waals surface area contributed by atoms with Crippen LogP contribution in [-0.2, 0) is 4.79 Å². The number of hydrogen-bond donors (Lipinski definition) is 2. The standard InChI is InChI=1S/C17H24N2O2/c1-17(2)11-14(13-7-3-4-8-15(13)21-17)19-16(20)10-12-6-5-9-18-12/h3-4,7-8,12,14,18H,5-6,9-11H2,1-2H3,(H,19,20). The molecule has 1 amide bonds. The molecule has 1 aromatic rings. The number of rotatable bonds is 3. The number of fused-ring (bicyclic) bond motifs is 1. The Morgan fingerprint density at radius 1 is 1.43 bits per heavy atom. The lowest BCUT2D eigenvalue weighted by molar-refractivity contribution is -0.122. The molecule has 2 aliphatic rings. The number of amides is 1. The molecule has 2 aliphatic heterocycles. The molecule has 4 heteroatoms. The molecular formula is C17H24N2O2. The first kappa shape index (κ1) is 14.4. The summed E-state index contributed by atoms with van der Waals surface area (Å²) in [7, 11) is 0. The third-order valence-corrected chi connectivity index (χ3v) is 4.31. The van der Waals surface area contributed by atoms with E-state index >= 15 is 0 Å². The monoisotopic (exact) mass is 288 g/mol. The number of benzene rings is 1. The summed E-state index contributed by atoms with van der Waals surface area (Å²) in [6.07, 6.45) is 3.64. The van der Waals surface area contributed by atoms with Gasteiger partial charge in [0.2, 0.25) is 5.91 Å². The van der Waals surface area contributed by atoms with Crippen LogP contribution in [0.1, 0.15) is 51.1 Å². The van der Waals surface area contributed by atoms with E-state index in [1.165, 1.54) is 6.42 Å². The van der Waals surface area contributed by atoms with Crippen LogP contribution in [-0.4, -0.2) is 24.1 Å². The van der Waals surface area contributed by atoms with Crippen LogP contribution in [0.4, 0.5) is 0 Å². The van der Waals surface area contributed by atoms with Gasteiger partial charge in [-0.15, -0.1) is 0 Å². The van der Waals surface area contributed by atoms with Crippen molar-refractivity contribution in [3.63, 3.8) is 0 Å². The molecule has 2 atom stereocenters. The Bertz CT molecular complexity index is 521. The van der Waals surface area contributed by atoms with E-state index in [0.717, 1.165) is 30.7 Å². The summed E-state index contributed by atoms with van der Waals surface area (Å²) >= 11 is 0. The van der Waals surface area contributed by atoms with E-state index in [-0.39, 0.29) is 17.6 Å². The maximum atomic E-state index is 12.3. The lowest BCUT2D eigenvalue weighted by Crippen LogP contribution is -2.42. The lowest BCUT2D eigenvalue weighted by Gasteiger charge is -2.38. The van der Waals surface area contributed by atoms with Gasteiger partial charge in [-0.3, -0.25) is 4.79 Å². The maximum Gasteiger partial charge on any atom is 0.222 e. The molecule has 0 bridgehead atoms. The van der Waals surface area contributed by atoms with Gasteiger partial charge >= 0.3 is 0 Å². The summed E-state index contributed by atoms with van der Waals surface area (Å²) in [6.45, 7) is 5.17. The number of para-hydroxylation sites is 1. The van der Waals surface area contributed by atoms with E-state index in [4.69, 9.17) is 4.74 Å². The average molecular weight is 288 g/mol. The number of ether oxygens (including phenoxy) is 1. The zero-order valence-corrected chi connectivity index (χ0v) is 12.8. The van der Waals surface area contributed by atoms with E-state index in [1.807, 2.05) is 24.3 Å².